The monoisotopic (exact) mass is 630 g/mol. The zero-order valence-electron chi connectivity index (χ0n) is 22.4. The van der Waals surface area contributed by atoms with Crippen molar-refractivity contribution in [1.82, 2.24) is 14.6 Å². The molecule has 2 aliphatic rings. The molecule has 11 nitrogen and oxygen atoms in total. The molecule has 1 atom stereocenters. The molecule has 2 aromatic rings. The van der Waals surface area contributed by atoms with Crippen LogP contribution in [0.2, 0.25) is 5.02 Å². The lowest BCUT2D eigenvalue weighted by molar-refractivity contribution is -0.136. The number of hydrogen-bond donors (Lipinski definition) is 2. The number of piperidine rings is 1. The maximum Gasteiger partial charge on any atom is 0.338 e. The number of nitrogens with one attached hydrogen (secondary N) is 1. The Morgan fingerprint density at radius 3 is 2.59 bits per heavy atom. The van der Waals surface area contributed by atoms with Gasteiger partial charge in [0.2, 0.25) is 10.0 Å². The summed E-state index contributed by atoms with van der Waals surface area (Å²) in [6.07, 6.45) is 2.51. The number of hydrogen-bond acceptors (Lipinski definition) is 11. The third kappa shape index (κ3) is 7.89. The fraction of sp³-hybridized carbons (Fsp3) is 0.500. The van der Waals surface area contributed by atoms with Crippen LogP contribution in [0.5, 0.6) is 0 Å². The molecule has 2 N–H and O–H groups in total. The number of aromatic nitrogens is 1. The van der Waals surface area contributed by atoms with Gasteiger partial charge in [-0.15, -0.1) is 11.3 Å². The lowest BCUT2D eigenvalue weighted by Gasteiger charge is -2.36. The van der Waals surface area contributed by atoms with Crippen LogP contribution in [0.3, 0.4) is 0 Å². The van der Waals surface area contributed by atoms with Crippen LogP contribution in [-0.4, -0.2) is 93.6 Å². The SMILES string of the molecule is COC(=O)C1=C(C2CCN(S(=O)(=O)CCOCCOCCO)CC2)NC(c2nccs2)=N[C@@H]1c1ccc(F)cc1Cl. The number of nitrogens with zero attached hydrogens (tertiary/aromatic N) is 3. The third-order valence-electron chi connectivity index (χ3n) is 6.72. The molecule has 4 rings (SSSR count). The largest absolute Gasteiger partial charge is 0.466 e. The number of esters is 1. The number of aliphatic imine (C=N–C) groups is 1. The topological polar surface area (TPSA) is 140 Å². The van der Waals surface area contributed by atoms with Crippen LogP contribution in [0.4, 0.5) is 4.39 Å². The number of thiazole rings is 1. The molecular formula is C26H32ClFN4O7S2. The molecule has 0 radical (unpaired) electrons. The van der Waals surface area contributed by atoms with E-state index in [1.54, 1.807) is 11.6 Å². The zero-order chi connectivity index (χ0) is 29.4. The van der Waals surface area contributed by atoms with E-state index in [9.17, 15) is 17.6 Å². The van der Waals surface area contributed by atoms with Crippen molar-refractivity contribution in [2.45, 2.75) is 18.9 Å². The number of benzene rings is 1. The number of sulfonamides is 1. The van der Waals surface area contributed by atoms with Crippen LogP contribution in [0.15, 0.2) is 46.0 Å². The molecular weight excluding hydrogens is 599 g/mol. The maximum atomic E-state index is 13.9. The Bertz CT molecular complexity index is 1360. The molecule has 15 heteroatoms. The van der Waals surface area contributed by atoms with E-state index in [-0.39, 0.29) is 68.4 Å². The Balaban J connectivity index is 1.54. The fourth-order valence-electron chi connectivity index (χ4n) is 4.72. The highest BCUT2D eigenvalue weighted by molar-refractivity contribution is 7.89. The van der Waals surface area contributed by atoms with E-state index in [0.29, 0.717) is 34.9 Å². The Kier molecular flexibility index (Phi) is 11.2. The summed E-state index contributed by atoms with van der Waals surface area (Å²) in [5.74, 6) is -1.09. The van der Waals surface area contributed by atoms with Crippen LogP contribution < -0.4 is 5.32 Å². The number of carbonyl (C=O) groups excluding carboxylic acids is 1. The van der Waals surface area contributed by atoms with Crippen LogP contribution in [0.1, 0.15) is 29.5 Å². The molecule has 224 valence electrons. The standard InChI is InChI=1S/C26H32ClFN4O7S2/c1-37-26(34)21-22(17-4-7-32(8-5-17)41(35,36)15-13-39-12-11-38-10-9-33)30-24(25-29-6-14-40-25)31-23(21)19-3-2-18(28)16-20(19)27/h2-3,6,14,16-17,23,33H,4-5,7-13,15H2,1H3,(H,30,31)/t23-/m1/s1. The number of aliphatic hydroxyl groups is 1. The summed E-state index contributed by atoms with van der Waals surface area (Å²) in [4.78, 5) is 22.3. The van der Waals surface area contributed by atoms with Crippen molar-refractivity contribution in [3.63, 3.8) is 0 Å². The predicted molar refractivity (Wildman–Crippen MR) is 152 cm³/mol. The van der Waals surface area contributed by atoms with Crippen molar-refractivity contribution in [1.29, 1.82) is 0 Å². The van der Waals surface area contributed by atoms with Gasteiger partial charge < -0.3 is 24.6 Å². The molecule has 1 saturated heterocycles. The zero-order valence-corrected chi connectivity index (χ0v) is 24.8. The van der Waals surface area contributed by atoms with E-state index in [1.807, 2.05) is 0 Å². The number of allylic oxidation sites excluding steroid dienone is 1. The molecule has 0 amide bonds. The highest BCUT2D eigenvalue weighted by atomic mass is 35.5. The number of carbonyl (C=O) groups is 1. The third-order valence-corrected chi connectivity index (χ3v) is 9.66. The molecule has 0 saturated carbocycles. The normalized spacial score (nSPS) is 18.7. The lowest BCUT2D eigenvalue weighted by atomic mass is 9.86. The van der Waals surface area contributed by atoms with Gasteiger partial charge in [0.15, 0.2) is 10.8 Å². The minimum absolute atomic E-state index is 0.0255. The summed E-state index contributed by atoms with van der Waals surface area (Å²) in [5.41, 5.74) is 1.23. The molecule has 0 unspecified atom stereocenters. The summed E-state index contributed by atoms with van der Waals surface area (Å²) in [7, 11) is -2.29. The second kappa shape index (κ2) is 14.6. The fourth-order valence-corrected chi connectivity index (χ4v) is 6.93. The van der Waals surface area contributed by atoms with Crippen LogP contribution >= 0.6 is 22.9 Å². The van der Waals surface area contributed by atoms with Crippen molar-refractivity contribution in [2.24, 2.45) is 10.9 Å². The van der Waals surface area contributed by atoms with E-state index < -0.39 is 27.9 Å². The van der Waals surface area contributed by atoms with Gasteiger partial charge in [0.1, 0.15) is 11.9 Å². The van der Waals surface area contributed by atoms with Gasteiger partial charge in [-0.2, -0.15) is 0 Å². The van der Waals surface area contributed by atoms with Gasteiger partial charge in [-0.25, -0.2) is 26.9 Å². The van der Waals surface area contributed by atoms with Gasteiger partial charge in [0.25, 0.3) is 0 Å². The molecule has 1 aromatic heterocycles. The first-order chi connectivity index (χ1) is 19.7. The number of methoxy groups -OCH3 is 1. The number of halogens is 2. The second-order valence-electron chi connectivity index (χ2n) is 9.26. The van der Waals surface area contributed by atoms with Gasteiger partial charge in [0.05, 0.1) is 51.5 Å². The number of aliphatic hydroxyl groups excluding tert-OH is 1. The first-order valence-corrected chi connectivity index (χ1v) is 15.9. The highest BCUT2D eigenvalue weighted by Gasteiger charge is 2.38. The quantitative estimate of drug-likeness (QED) is 0.252. The summed E-state index contributed by atoms with van der Waals surface area (Å²) in [6, 6.07) is 3.03. The van der Waals surface area contributed by atoms with Crippen LogP contribution in [0.25, 0.3) is 0 Å². The Labute approximate surface area is 247 Å². The molecule has 0 aliphatic carbocycles. The Morgan fingerprint density at radius 1 is 1.22 bits per heavy atom. The lowest BCUT2D eigenvalue weighted by Crippen LogP contribution is -2.44. The van der Waals surface area contributed by atoms with E-state index >= 15 is 0 Å². The second-order valence-corrected chi connectivity index (χ2v) is 12.7. The summed E-state index contributed by atoms with van der Waals surface area (Å²) >= 11 is 7.78. The molecule has 3 heterocycles. The van der Waals surface area contributed by atoms with E-state index in [4.69, 9.17) is 35.9 Å². The van der Waals surface area contributed by atoms with Gasteiger partial charge >= 0.3 is 5.97 Å². The Hall–Kier alpha value is -2.46. The summed E-state index contributed by atoms with van der Waals surface area (Å²) in [6.45, 7) is 1.14. The predicted octanol–water partition coefficient (Wildman–Crippen LogP) is 2.52. The van der Waals surface area contributed by atoms with Gasteiger partial charge in [-0.1, -0.05) is 17.7 Å². The molecule has 41 heavy (non-hydrogen) atoms. The average Bonchev–Trinajstić information content (AvgIpc) is 3.51. The van der Waals surface area contributed by atoms with Crippen molar-refractivity contribution >= 4 is 44.8 Å². The average molecular weight is 631 g/mol. The van der Waals surface area contributed by atoms with Crippen LogP contribution in [0, 0.1) is 11.7 Å². The summed E-state index contributed by atoms with van der Waals surface area (Å²) < 4.78 is 56.8. The van der Waals surface area contributed by atoms with Crippen molar-refractivity contribution in [3.8, 4) is 0 Å². The van der Waals surface area contributed by atoms with E-state index in [0.717, 1.165) is 0 Å². The number of rotatable bonds is 13. The molecule has 2 aliphatic heterocycles. The van der Waals surface area contributed by atoms with Gasteiger partial charge in [-0.3, -0.25) is 4.99 Å². The van der Waals surface area contributed by atoms with Gasteiger partial charge in [-0.05, 0) is 25.0 Å². The van der Waals surface area contributed by atoms with Crippen molar-refractivity contribution < 1.29 is 36.9 Å². The smallest absolute Gasteiger partial charge is 0.338 e. The maximum absolute atomic E-state index is 13.9. The number of amidine groups is 1. The first kappa shape index (κ1) is 31.5. The van der Waals surface area contributed by atoms with E-state index in [2.05, 4.69) is 10.3 Å². The molecule has 0 spiro atoms. The van der Waals surface area contributed by atoms with Crippen molar-refractivity contribution in [2.75, 3.05) is 59.0 Å². The molecule has 1 fully saturated rings. The Morgan fingerprint density at radius 2 is 1.95 bits per heavy atom. The van der Waals surface area contributed by atoms with Crippen LogP contribution in [-0.2, 0) is 29.0 Å². The minimum Gasteiger partial charge on any atom is -0.466 e. The van der Waals surface area contributed by atoms with Gasteiger partial charge in [0, 0.05) is 46.9 Å². The number of ether oxygens (including phenoxy) is 3. The summed E-state index contributed by atoms with van der Waals surface area (Å²) in [5, 5.41) is 14.5. The minimum atomic E-state index is -3.56. The first-order valence-electron chi connectivity index (χ1n) is 13.0. The molecule has 1 aromatic carbocycles. The van der Waals surface area contributed by atoms with E-state index in [1.165, 1.54) is 41.0 Å². The molecule has 0 bridgehead atoms. The van der Waals surface area contributed by atoms with Crippen molar-refractivity contribution in [3.05, 3.63) is 62.5 Å². The highest BCUT2D eigenvalue weighted by Crippen LogP contribution is 2.40.